The third-order valence-electron chi connectivity index (χ3n) is 6.65. The second kappa shape index (κ2) is 7.32. The minimum absolute atomic E-state index is 0.150. The number of nitrogens with zero attached hydrogens (tertiary/aromatic N) is 1. The number of aromatic amines is 1. The molecule has 0 unspecified atom stereocenters. The Hall–Kier alpha value is -2.51. The predicted octanol–water partition coefficient (Wildman–Crippen LogP) is 4.23. The van der Waals surface area contributed by atoms with Crippen LogP contribution in [0.3, 0.4) is 0 Å². The lowest BCUT2D eigenvalue weighted by Crippen LogP contribution is -2.54. The molecule has 158 valence electrons. The SMILES string of the molecule is COc1ccc2[nH]c3c(c2c1)CCNC31CCN(Cc2ccc(F)c(F)c2F)CC1. The van der Waals surface area contributed by atoms with Gasteiger partial charge in [0.2, 0.25) is 0 Å². The van der Waals surface area contributed by atoms with Gasteiger partial charge < -0.3 is 15.0 Å². The van der Waals surface area contributed by atoms with Crippen LogP contribution in [-0.2, 0) is 18.5 Å². The van der Waals surface area contributed by atoms with E-state index in [0.717, 1.165) is 56.2 Å². The number of benzene rings is 2. The van der Waals surface area contributed by atoms with E-state index >= 15 is 0 Å². The summed E-state index contributed by atoms with van der Waals surface area (Å²) in [6, 6.07) is 8.43. The number of nitrogens with one attached hydrogen (secondary N) is 2. The number of aromatic nitrogens is 1. The number of H-pyrrole nitrogens is 1. The normalized spacial score (nSPS) is 18.7. The summed E-state index contributed by atoms with van der Waals surface area (Å²) in [4.78, 5) is 5.73. The molecule has 2 aromatic carbocycles. The summed E-state index contributed by atoms with van der Waals surface area (Å²) in [7, 11) is 1.68. The van der Waals surface area contributed by atoms with E-state index in [0.29, 0.717) is 0 Å². The highest BCUT2D eigenvalue weighted by Crippen LogP contribution is 2.41. The van der Waals surface area contributed by atoms with E-state index < -0.39 is 17.5 Å². The zero-order chi connectivity index (χ0) is 20.9. The second-order valence-corrected chi connectivity index (χ2v) is 8.26. The van der Waals surface area contributed by atoms with E-state index in [9.17, 15) is 13.2 Å². The van der Waals surface area contributed by atoms with Gasteiger partial charge >= 0.3 is 0 Å². The summed E-state index contributed by atoms with van der Waals surface area (Å²) < 4.78 is 46.2. The molecule has 0 aliphatic carbocycles. The zero-order valence-corrected chi connectivity index (χ0v) is 16.8. The highest BCUT2D eigenvalue weighted by molar-refractivity contribution is 5.86. The van der Waals surface area contributed by atoms with Crippen molar-refractivity contribution in [3.05, 3.63) is 64.6 Å². The molecule has 0 atom stereocenters. The summed E-state index contributed by atoms with van der Waals surface area (Å²) >= 11 is 0. The summed E-state index contributed by atoms with van der Waals surface area (Å²) in [5.74, 6) is -2.78. The fourth-order valence-electron chi connectivity index (χ4n) is 4.99. The molecule has 30 heavy (non-hydrogen) atoms. The molecule has 7 heteroatoms. The highest BCUT2D eigenvalue weighted by atomic mass is 19.2. The molecule has 3 aromatic rings. The van der Waals surface area contributed by atoms with Crippen LogP contribution in [0.5, 0.6) is 5.75 Å². The lowest BCUT2D eigenvalue weighted by atomic mass is 9.79. The Kier molecular flexibility index (Phi) is 4.75. The topological polar surface area (TPSA) is 40.3 Å². The first-order valence-electron chi connectivity index (χ1n) is 10.3. The third kappa shape index (κ3) is 3.08. The van der Waals surface area contributed by atoms with E-state index in [2.05, 4.69) is 27.3 Å². The Bertz CT molecular complexity index is 1100. The van der Waals surface area contributed by atoms with E-state index in [1.807, 2.05) is 6.07 Å². The van der Waals surface area contributed by atoms with Crippen molar-refractivity contribution in [3.63, 3.8) is 0 Å². The van der Waals surface area contributed by atoms with Gasteiger partial charge in [-0.2, -0.15) is 0 Å². The average Bonchev–Trinajstić information content (AvgIpc) is 3.15. The molecule has 0 bridgehead atoms. The maximum Gasteiger partial charge on any atom is 0.194 e. The number of hydrogen-bond donors (Lipinski definition) is 2. The van der Waals surface area contributed by atoms with Crippen LogP contribution >= 0.6 is 0 Å². The number of likely N-dealkylation sites (tertiary alicyclic amines) is 1. The van der Waals surface area contributed by atoms with Crippen molar-refractivity contribution in [1.29, 1.82) is 0 Å². The molecule has 2 N–H and O–H groups in total. The van der Waals surface area contributed by atoms with Crippen molar-refractivity contribution in [1.82, 2.24) is 15.2 Å². The van der Waals surface area contributed by atoms with Crippen molar-refractivity contribution >= 4 is 10.9 Å². The molecule has 1 spiro atoms. The van der Waals surface area contributed by atoms with Gasteiger partial charge in [-0.05, 0) is 49.1 Å². The molecule has 0 radical (unpaired) electrons. The van der Waals surface area contributed by atoms with Gasteiger partial charge in [0, 0.05) is 48.3 Å². The standard InChI is InChI=1S/C23H24F3N3O/c1-30-15-3-5-19-17(12-15)16-6-9-27-23(22(16)28-19)7-10-29(11-8-23)13-14-2-4-18(24)21(26)20(14)25/h2-5,12,27-28H,6-11,13H2,1H3. The van der Waals surface area contributed by atoms with Gasteiger partial charge in [0.15, 0.2) is 17.5 Å². The largest absolute Gasteiger partial charge is 0.497 e. The molecule has 0 saturated carbocycles. The van der Waals surface area contributed by atoms with Crippen LogP contribution in [0.1, 0.15) is 29.7 Å². The fourth-order valence-corrected chi connectivity index (χ4v) is 4.99. The molecule has 3 heterocycles. The first-order chi connectivity index (χ1) is 14.5. The van der Waals surface area contributed by atoms with Crippen molar-refractivity contribution in [3.8, 4) is 5.75 Å². The lowest BCUT2D eigenvalue weighted by molar-refractivity contribution is 0.120. The molecule has 2 aliphatic heterocycles. The van der Waals surface area contributed by atoms with E-state index in [4.69, 9.17) is 4.74 Å². The quantitative estimate of drug-likeness (QED) is 0.629. The van der Waals surface area contributed by atoms with Gasteiger partial charge in [-0.1, -0.05) is 6.07 Å². The molecular formula is C23H24F3N3O. The molecular weight excluding hydrogens is 391 g/mol. The fraction of sp³-hybridized carbons (Fsp3) is 0.391. The van der Waals surface area contributed by atoms with Crippen LogP contribution in [0.2, 0.25) is 0 Å². The highest BCUT2D eigenvalue weighted by Gasteiger charge is 2.41. The third-order valence-corrected chi connectivity index (χ3v) is 6.65. The van der Waals surface area contributed by atoms with Crippen LogP contribution in [0.4, 0.5) is 13.2 Å². The number of fused-ring (bicyclic) bond motifs is 4. The van der Waals surface area contributed by atoms with Crippen molar-refractivity contribution in [2.24, 2.45) is 0 Å². The molecule has 4 nitrogen and oxygen atoms in total. The van der Waals surface area contributed by atoms with Gasteiger partial charge in [-0.3, -0.25) is 4.90 Å². The lowest BCUT2D eigenvalue weighted by Gasteiger charge is -2.45. The summed E-state index contributed by atoms with van der Waals surface area (Å²) in [6.45, 7) is 2.65. The number of rotatable bonds is 3. The summed E-state index contributed by atoms with van der Waals surface area (Å²) in [5.41, 5.74) is 3.72. The molecule has 2 aliphatic rings. The van der Waals surface area contributed by atoms with Crippen LogP contribution in [0.15, 0.2) is 30.3 Å². The van der Waals surface area contributed by atoms with E-state index in [1.165, 1.54) is 22.7 Å². The number of halogens is 3. The smallest absolute Gasteiger partial charge is 0.194 e. The van der Waals surface area contributed by atoms with Crippen LogP contribution < -0.4 is 10.1 Å². The molecule has 1 aromatic heterocycles. The monoisotopic (exact) mass is 415 g/mol. The van der Waals surface area contributed by atoms with Gasteiger partial charge in [-0.15, -0.1) is 0 Å². The molecule has 5 rings (SSSR count). The second-order valence-electron chi connectivity index (χ2n) is 8.26. The number of methoxy groups -OCH3 is 1. The predicted molar refractivity (Wildman–Crippen MR) is 109 cm³/mol. The van der Waals surface area contributed by atoms with Crippen molar-refractivity contribution < 1.29 is 17.9 Å². The van der Waals surface area contributed by atoms with Crippen LogP contribution in [0.25, 0.3) is 10.9 Å². The van der Waals surface area contributed by atoms with Crippen molar-refractivity contribution in [2.45, 2.75) is 31.3 Å². The minimum Gasteiger partial charge on any atom is -0.497 e. The Morgan fingerprint density at radius 2 is 1.87 bits per heavy atom. The van der Waals surface area contributed by atoms with E-state index in [-0.39, 0.29) is 17.6 Å². The maximum atomic E-state index is 14.1. The van der Waals surface area contributed by atoms with Gasteiger partial charge in [0.05, 0.1) is 12.6 Å². The summed E-state index contributed by atoms with van der Waals surface area (Å²) in [6.07, 6.45) is 2.67. The Morgan fingerprint density at radius 3 is 2.63 bits per heavy atom. The Morgan fingerprint density at radius 1 is 1.07 bits per heavy atom. The number of hydrogen-bond acceptors (Lipinski definition) is 3. The molecule has 1 saturated heterocycles. The average molecular weight is 415 g/mol. The van der Waals surface area contributed by atoms with Gasteiger partial charge in [-0.25, -0.2) is 13.2 Å². The van der Waals surface area contributed by atoms with Crippen molar-refractivity contribution in [2.75, 3.05) is 26.7 Å². The number of piperidine rings is 1. The first-order valence-corrected chi connectivity index (χ1v) is 10.3. The summed E-state index contributed by atoms with van der Waals surface area (Å²) in [5, 5.41) is 4.92. The number of ether oxygens (including phenoxy) is 1. The Labute approximate surface area is 173 Å². The van der Waals surface area contributed by atoms with E-state index in [1.54, 1.807) is 7.11 Å². The molecule has 1 fully saturated rings. The van der Waals surface area contributed by atoms with Gasteiger partial charge in [0.1, 0.15) is 5.75 Å². The minimum atomic E-state index is -1.40. The first kappa shape index (κ1) is 19.5. The van der Waals surface area contributed by atoms with Gasteiger partial charge in [0.25, 0.3) is 0 Å². The zero-order valence-electron chi connectivity index (χ0n) is 16.8. The maximum absolute atomic E-state index is 14.1. The Balaban J connectivity index is 1.38. The molecule has 0 amide bonds. The van der Waals surface area contributed by atoms with Crippen LogP contribution in [-0.4, -0.2) is 36.6 Å². The van der Waals surface area contributed by atoms with Crippen LogP contribution in [0, 0.1) is 17.5 Å².